The molecule has 6 nitrogen and oxygen atoms in total. The average molecular weight is 237 g/mol. The number of carboxylic acid groups (broad SMARTS) is 1. The molecule has 1 aliphatic carbocycles. The number of carboxylic acids is 1. The molecular formula is C11H15N3O3. The Balaban J connectivity index is 2.06. The molecule has 0 amide bonds. The van der Waals surface area contributed by atoms with E-state index in [4.69, 9.17) is 4.74 Å². The fourth-order valence-electron chi connectivity index (χ4n) is 2.87. The topological polar surface area (TPSA) is 77.2 Å². The zero-order valence-corrected chi connectivity index (χ0v) is 9.56. The summed E-state index contributed by atoms with van der Waals surface area (Å²) in [6, 6.07) is 0.464. The summed E-state index contributed by atoms with van der Waals surface area (Å²) in [6.45, 7) is 1.22. The van der Waals surface area contributed by atoms with E-state index in [1.54, 1.807) is 0 Å². The third-order valence-electron chi connectivity index (χ3n) is 3.81. The summed E-state index contributed by atoms with van der Waals surface area (Å²) in [4.78, 5) is 11.7. The smallest absolute Gasteiger partial charge is 0.317 e. The Morgan fingerprint density at radius 1 is 1.29 bits per heavy atom. The molecule has 1 N–H and O–H groups in total. The van der Waals surface area contributed by atoms with Gasteiger partial charge in [-0.25, -0.2) is 0 Å². The maximum atomic E-state index is 11.7. The van der Waals surface area contributed by atoms with Gasteiger partial charge in [-0.1, -0.05) is 24.4 Å². The Bertz CT molecular complexity index is 449. The summed E-state index contributed by atoms with van der Waals surface area (Å²) in [7, 11) is 0. The van der Waals surface area contributed by atoms with Gasteiger partial charge in [0.2, 0.25) is 0 Å². The molecule has 3 rings (SSSR count). The van der Waals surface area contributed by atoms with Crippen molar-refractivity contribution in [3.05, 3.63) is 5.82 Å². The zero-order chi connectivity index (χ0) is 11.9. The first-order valence-corrected chi connectivity index (χ1v) is 6.04. The van der Waals surface area contributed by atoms with E-state index in [1.807, 2.05) is 4.57 Å². The highest BCUT2D eigenvalue weighted by atomic mass is 16.5. The van der Waals surface area contributed by atoms with E-state index >= 15 is 0 Å². The minimum Gasteiger partial charge on any atom is -0.480 e. The minimum atomic E-state index is -0.850. The normalized spacial score (nSPS) is 21.9. The van der Waals surface area contributed by atoms with Crippen molar-refractivity contribution in [1.29, 1.82) is 0 Å². The van der Waals surface area contributed by atoms with Crippen LogP contribution in [-0.4, -0.2) is 32.4 Å². The Hall–Kier alpha value is -1.59. The van der Waals surface area contributed by atoms with Crippen molar-refractivity contribution >= 4 is 5.97 Å². The van der Waals surface area contributed by atoms with Crippen LogP contribution in [0.1, 0.15) is 37.9 Å². The molecule has 1 aromatic heterocycles. The molecule has 0 spiro atoms. The van der Waals surface area contributed by atoms with Crippen LogP contribution in [0.5, 0.6) is 6.01 Å². The standard InChI is InChI=1S/C11H15N3O3/c15-9(16)11(4-2-1-3-5-11)8-12-13-10-14(8)6-7-17-10/h1-7H2,(H,15,16). The van der Waals surface area contributed by atoms with Crippen molar-refractivity contribution in [3.8, 4) is 6.01 Å². The fourth-order valence-corrected chi connectivity index (χ4v) is 2.87. The van der Waals surface area contributed by atoms with Crippen molar-refractivity contribution in [2.75, 3.05) is 6.61 Å². The Labute approximate surface area is 98.6 Å². The Morgan fingerprint density at radius 3 is 2.76 bits per heavy atom. The number of ether oxygens (including phenoxy) is 1. The number of hydrogen-bond acceptors (Lipinski definition) is 4. The van der Waals surface area contributed by atoms with Gasteiger partial charge in [0.25, 0.3) is 0 Å². The van der Waals surface area contributed by atoms with Crippen molar-refractivity contribution in [2.45, 2.75) is 44.1 Å². The average Bonchev–Trinajstić information content (AvgIpc) is 2.91. The van der Waals surface area contributed by atoms with Crippen LogP contribution in [-0.2, 0) is 16.8 Å². The van der Waals surface area contributed by atoms with E-state index in [-0.39, 0.29) is 0 Å². The molecule has 6 heteroatoms. The quantitative estimate of drug-likeness (QED) is 0.828. The summed E-state index contributed by atoms with van der Waals surface area (Å²) in [5.41, 5.74) is -0.850. The van der Waals surface area contributed by atoms with Gasteiger partial charge in [-0.15, -0.1) is 5.10 Å². The van der Waals surface area contributed by atoms with E-state index in [0.29, 0.717) is 37.8 Å². The fraction of sp³-hybridized carbons (Fsp3) is 0.727. The second-order valence-corrected chi connectivity index (χ2v) is 4.75. The molecule has 0 aromatic carbocycles. The highest BCUT2D eigenvalue weighted by molar-refractivity contribution is 5.80. The highest BCUT2D eigenvalue weighted by Gasteiger charge is 2.46. The van der Waals surface area contributed by atoms with Crippen LogP contribution < -0.4 is 4.74 Å². The summed E-state index contributed by atoms with van der Waals surface area (Å²) in [5.74, 6) is -0.198. The second-order valence-electron chi connectivity index (χ2n) is 4.75. The van der Waals surface area contributed by atoms with Gasteiger partial charge < -0.3 is 9.84 Å². The molecule has 0 bridgehead atoms. The maximum absolute atomic E-state index is 11.7. The number of hydrogen-bond donors (Lipinski definition) is 1. The Kier molecular flexibility index (Phi) is 2.31. The molecule has 2 heterocycles. The van der Waals surface area contributed by atoms with E-state index in [0.717, 1.165) is 19.3 Å². The van der Waals surface area contributed by atoms with Crippen LogP contribution in [0.3, 0.4) is 0 Å². The first-order chi connectivity index (χ1) is 8.24. The van der Waals surface area contributed by atoms with Crippen molar-refractivity contribution in [3.63, 3.8) is 0 Å². The van der Waals surface area contributed by atoms with E-state index in [1.165, 1.54) is 0 Å². The molecule has 92 valence electrons. The highest BCUT2D eigenvalue weighted by Crippen LogP contribution is 2.40. The molecular weight excluding hydrogens is 222 g/mol. The lowest BCUT2D eigenvalue weighted by atomic mass is 9.73. The second kappa shape index (κ2) is 3.72. The summed E-state index contributed by atoms with van der Waals surface area (Å²) in [6.07, 6.45) is 4.29. The van der Waals surface area contributed by atoms with Gasteiger partial charge >= 0.3 is 12.0 Å². The van der Waals surface area contributed by atoms with E-state index in [2.05, 4.69) is 10.2 Å². The van der Waals surface area contributed by atoms with Crippen LogP contribution >= 0.6 is 0 Å². The van der Waals surface area contributed by atoms with Crippen molar-refractivity contribution in [2.24, 2.45) is 0 Å². The first-order valence-electron chi connectivity index (χ1n) is 6.04. The van der Waals surface area contributed by atoms with Gasteiger partial charge in [-0.3, -0.25) is 9.36 Å². The molecule has 1 fully saturated rings. The van der Waals surface area contributed by atoms with Gasteiger partial charge in [-0.2, -0.15) is 0 Å². The Morgan fingerprint density at radius 2 is 2.06 bits per heavy atom. The van der Waals surface area contributed by atoms with Crippen LogP contribution in [0.4, 0.5) is 0 Å². The van der Waals surface area contributed by atoms with Gasteiger partial charge in [-0.05, 0) is 12.8 Å². The zero-order valence-electron chi connectivity index (χ0n) is 9.56. The SMILES string of the molecule is O=C(O)C1(c2nnc3n2CCO3)CCCCC1. The molecule has 0 saturated heterocycles. The number of rotatable bonds is 2. The summed E-state index contributed by atoms with van der Waals surface area (Å²) >= 11 is 0. The predicted molar refractivity (Wildman–Crippen MR) is 57.9 cm³/mol. The third-order valence-corrected chi connectivity index (χ3v) is 3.81. The third kappa shape index (κ3) is 1.43. The lowest BCUT2D eigenvalue weighted by Gasteiger charge is -2.31. The van der Waals surface area contributed by atoms with Gasteiger partial charge in [0.1, 0.15) is 12.0 Å². The number of fused-ring (bicyclic) bond motifs is 1. The van der Waals surface area contributed by atoms with Crippen LogP contribution in [0.2, 0.25) is 0 Å². The molecule has 17 heavy (non-hydrogen) atoms. The molecule has 0 radical (unpaired) electrons. The number of aromatic nitrogens is 3. The van der Waals surface area contributed by atoms with Gasteiger partial charge in [0.05, 0.1) is 6.54 Å². The molecule has 0 unspecified atom stereocenters. The molecule has 0 atom stereocenters. The van der Waals surface area contributed by atoms with Crippen molar-refractivity contribution < 1.29 is 14.6 Å². The van der Waals surface area contributed by atoms with Crippen LogP contribution in [0, 0.1) is 0 Å². The largest absolute Gasteiger partial charge is 0.480 e. The monoisotopic (exact) mass is 237 g/mol. The van der Waals surface area contributed by atoms with E-state index < -0.39 is 11.4 Å². The lowest BCUT2D eigenvalue weighted by molar-refractivity contribution is -0.145. The van der Waals surface area contributed by atoms with Crippen LogP contribution in [0.15, 0.2) is 0 Å². The lowest BCUT2D eigenvalue weighted by Crippen LogP contribution is -2.40. The molecule has 1 saturated carbocycles. The molecule has 2 aliphatic rings. The number of carbonyl (C=O) groups is 1. The summed E-state index contributed by atoms with van der Waals surface area (Å²) < 4.78 is 7.11. The maximum Gasteiger partial charge on any atom is 0.317 e. The van der Waals surface area contributed by atoms with Gasteiger partial charge in [0.15, 0.2) is 5.82 Å². The summed E-state index contributed by atoms with van der Waals surface area (Å²) in [5, 5.41) is 17.6. The minimum absolute atomic E-state index is 0.464. The number of nitrogens with zero attached hydrogens (tertiary/aromatic N) is 3. The van der Waals surface area contributed by atoms with Gasteiger partial charge in [0, 0.05) is 0 Å². The first kappa shape index (κ1) is 10.6. The molecule has 1 aliphatic heterocycles. The van der Waals surface area contributed by atoms with Crippen LogP contribution in [0.25, 0.3) is 0 Å². The van der Waals surface area contributed by atoms with Crippen molar-refractivity contribution in [1.82, 2.24) is 14.8 Å². The number of aliphatic carboxylic acids is 1. The molecule has 1 aromatic rings. The van der Waals surface area contributed by atoms with E-state index in [9.17, 15) is 9.90 Å². The predicted octanol–water partition coefficient (Wildman–Crippen LogP) is 0.957.